The van der Waals surface area contributed by atoms with Gasteiger partial charge in [-0.1, -0.05) is 59.6 Å². The number of aromatic nitrogens is 2. The van der Waals surface area contributed by atoms with Crippen LogP contribution in [0.1, 0.15) is 22.6 Å². The van der Waals surface area contributed by atoms with Crippen molar-refractivity contribution in [1.29, 1.82) is 0 Å². The first-order valence-corrected chi connectivity index (χ1v) is 7.26. The Hall–Kier alpha value is -1.90. The summed E-state index contributed by atoms with van der Waals surface area (Å²) in [5.74, 6) is -0.0893. The standard InChI is InChI=1S/C17H12Cl2N2/c18-15-7-3-1-5-13(15)17(12-9-20-11-21-10-12)14-6-2-4-8-16(14)19/h1-11,17H. The molecule has 0 N–H and O–H groups in total. The van der Waals surface area contributed by atoms with Crippen LogP contribution in [-0.2, 0) is 0 Å². The molecule has 4 heteroatoms. The van der Waals surface area contributed by atoms with Crippen LogP contribution in [0.5, 0.6) is 0 Å². The van der Waals surface area contributed by atoms with Crippen molar-refractivity contribution in [2.24, 2.45) is 0 Å². The fourth-order valence-electron chi connectivity index (χ4n) is 2.40. The number of rotatable bonds is 3. The molecule has 21 heavy (non-hydrogen) atoms. The van der Waals surface area contributed by atoms with E-state index in [1.54, 1.807) is 12.4 Å². The smallest absolute Gasteiger partial charge is 0.115 e. The maximum absolute atomic E-state index is 6.39. The molecule has 0 aliphatic carbocycles. The van der Waals surface area contributed by atoms with Gasteiger partial charge in [-0.2, -0.15) is 0 Å². The summed E-state index contributed by atoms with van der Waals surface area (Å²) in [5, 5.41) is 1.40. The van der Waals surface area contributed by atoms with Crippen molar-refractivity contribution in [2.45, 2.75) is 5.92 Å². The quantitative estimate of drug-likeness (QED) is 0.682. The van der Waals surface area contributed by atoms with Gasteiger partial charge in [-0.25, -0.2) is 9.97 Å². The largest absolute Gasteiger partial charge is 0.245 e. The fraction of sp³-hybridized carbons (Fsp3) is 0.0588. The zero-order chi connectivity index (χ0) is 14.7. The molecule has 2 nitrogen and oxygen atoms in total. The zero-order valence-corrected chi connectivity index (χ0v) is 12.6. The van der Waals surface area contributed by atoms with E-state index in [-0.39, 0.29) is 5.92 Å². The van der Waals surface area contributed by atoms with Crippen molar-refractivity contribution < 1.29 is 0 Å². The second-order valence-corrected chi connectivity index (χ2v) is 5.46. The molecular weight excluding hydrogens is 303 g/mol. The molecule has 0 aliphatic heterocycles. The molecular formula is C17H12Cl2N2. The predicted octanol–water partition coefficient (Wildman–Crippen LogP) is 4.96. The minimum absolute atomic E-state index is 0.0893. The highest BCUT2D eigenvalue weighted by Gasteiger charge is 2.21. The summed E-state index contributed by atoms with van der Waals surface area (Å²) >= 11 is 12.8. The van der Waals surface area contributed by atoms with E-state index >= 15 is 0 Å². The van der Waals surface area contributed by atoms with E-state index in [0.717, 1.165) is 16.7 Å². The van der Waals surface area contributed by atoms with E-state index in [2.05, 4.69) is 9.97 Å². The third-order valence-corrected chi connectivity index (χ3v) is 4.03. The Labute approximate surface area is 133 Å². The minimum atomic E-state index is -0.0893. The highest BCUT2D eigenvalue weighted by Crippen LogP contribution is 2.38. The van der Waals surface area contributed by atoms with Gasteiger partial charge in [-0.3, -0.25) is 0 Å². The molecule has 104 valence electrons. The van der Waals surface area contributed by atoms with Crippen molar-refractivity contribution >= 4 is 23.2 Å². The molecule has 0 radical (unpaired) electrons. The van der Waals surface area contributed by atoms with E-state index in [9.17, 15) is 0 Å². The van der Waals surface area contributed by atoms with Crippen molar-refractivity contribution in [3.63, 3.8) is 0 Å². The molecule has 0 fully saturated rings. The van der Waals surface area contributed by atoms with Gasteiger partial charge < -0.3 is 0 Å². The van der Waals surface area contributed by atoms with E-state index in [0.29, 0.717) is 10.0 Å². The second kappa shape index (κ2) is 6.25. The van der Waals surface area contributed by atoms with Crippen LogP contribution >= 0.6 is 23.2 Å². The Morgan fingerprint density at radius 1 is 0.714 bits per heavy atom. The molecule has 0 saturated carbocycles. The lowest BCUT2D eigenvalue weighted by atomic mass is 9.86. The molecule has 0 atom stereocenters. The Balaban J connectivity index is 2.22. The number of benzene rings is 2. The summed E-state index contributed by atoms with van der Waals surface area (Å²) in [5.41, 5.74) is 2.93. The molecule has 1 heterocycles. The van der Waals surface area contributed by atoms with Crippen molar-refractivity contribution in [2.75, 3.05) is 0 Å². The van der Waals surface area contributed by atoms with Crippen LogP contribution < -0.4 is 0 Å². The third-order valence-electron chi connectivity index (χ3n) is 3.35. The van der Waals surface area contributed by atoms with Gasteiger partial charge >= 0.3 is 0 Å². The summed E-state index contributed by atoms with van der Waals surface area (Å²) in [6.45, 7) is 0. The van der Waals surface area contributed by atoms with Gasteiger partial charge in [0.25, 0.3) is 0 Å². The van der Waals surface area contributed by atoms with E-state index in [1.807, 2.05) is 48.5 Å². The zero-order valence-electron chi connectivity index (χ0n) is 11.1. The predicted molar refractivity (Wildman–Crippen MR) is 85.9 cm³/mol. The van der Waals surface area contributed by atoms with Crippen LogP contribution in [0.4, 0.5) is 0 Å². The molecule has 0 amide bonds. The van der Waals surface area contributed by atoms with E-state index in [4.69, 9.17) is 23.2 Å². The third kappa shape index (κ3) is 2.92. The summed E-state index contributed by atoms with van der Waals surface area (Å²) in [4.78, 5) is 8.24. The van der Waals surface area contributed by atoms with Gasteiger partial charge in [-0.15, -0.1) is 0 Å². The number of nitrogens with zero attached hydrogens (tertiary/aromatic N) is 2. The Morgan fingerprint density at radius 3 is 1.67 bits per heavy atom. The fourth-order valence-corrected chi connectivity index (χ4v) is 2.89. The van der Waals surface area contributed by atoms with Crippen LogP contribution in [0, 0.1) is 0 Å². The number of hydrogen-bond acceptors (Lipinski definition) is 2. The Kier molecular flexibility index (Phi) is 4.18. The van der Waals surface area contributed by atoms with E-state index < -0.39 is 0 Å². The molecule has 0 unspecified atom stereocenters. The summed E-state index contributed by atoms with van der Waals surface area (Å²) in [6, 6.07) is 15.5. The highest BCUT2D eigenvalue weighted by atomic mass is 35.5. The van der Waals surface area contributed by atoms with Crippen LogP contribution in [0.2, 0.25) is 10.0 Å². The molecule has 1 aromatic heterocycles. The van der Waals surface area contributed by atoms with Crippen LogP contribution in [-0.4, -0.2) is 9.97 Å². The Bertz CT molecular complexity index is 699. The first kappa shape index (κ1) is 14.1. The summed E-state index contributed by atoms with van der Waals surface area (Å²) in [7, 11) is 0. The lowest BCUT2D eigenvalue weighted by molar-refractivity contribution is 0.941. The van der Waals surface area contributed by atoms with Gasteiger partial charge in [0.1, 0.15) is 6.33 Å². The Morgan fingerprint density at radius 2 is 1.19 bits per heavy atom. The lowest BCUT2D eigenvalue weighted by Crippen LogP contribution is -2.05. The van der Waals surface area contributed by atoms with Gasteiger partial charge in [0.2, 0.25) is 0 Å². The summed E-state index contributed by atoms with van der Waals surface area (Å²) in [6.07, 6.45) is 5.11. The van der Waals surface area contributed by atoms with Crippen LogP contribution in [0.3, 0.4) is 0 Å². The normalized spacial score (nSPS) is 10.8. The number of halogens is 2. The molecule has 2 aromatic carbocycles. The van der Waals surface area contributed by atoms with Gasteiger partial charge in [0.05, 0.1) is 0 Å². The van der Waals surface area contributed by atoms with Crippen LogP contribution in [0.25, 0.3) is 0 Å². The van der Waals surface area contributed by atoms with Gasteiger partial charge in [0, 0.05) is 33.9 Å². The molecule has 0 bridgehead atoms. The minimum Gasteiger partial charge on any atom is -0.245 e. The molecule has 3 rings (SSSR count). The first-order chi connectivity index (χ1) is 10.3. The highest BCUT2D eigenvalue weighted by molar-refractivity contribution is 6.32. The van der Waals surface area contributed by atoms with Crippen molar-refractivity contribution in [1.82, 2.24) is 9.97 Å². The second-order valence-electron chi connectivity index (χ2n) is 4.65. The van der Waals surface area contributed by atoms with Crippen molar-refractivity contribution in [3.05, 3.63) is 94.0 Å². The monoisotopic (exact) mass is 314 g/mol. The number of hydrogen-bond donors (Lipinski definition) is 0. The maximum Gasteiger partial charge on any atom is 0.115 e. The van der Waals surface area contributed by atoms with Crippen LogP contribution in [0.15, 0.2) is 67.3 Å². The van der Waals surface area contributed by atoms with E-state index in [1.165, 1.54) is 6.33 Å². The van der Waals surface area contributed by atoms with Gasteiger partial charge in [0.15, 0.2) is 0 Å². The molecule has 0 saturated heterocycles. The van der Waals surface area contributed by atoms with Gasteiger partial charge in [-0.05, 0) is 23.3 Å². The maximum atomic E-state index is 6.39. The topological polar surface area (TPSA) is 25.8 Å². The summed E-state index contributed by atoms with van der Waals surface area (Å²) < 4.78 is 0. The molecule has 3 aromatic rings. The first-order valence-electron chi connectivity index (χ1n) is 6.51. The molecule has 0 aliphatic rings. The average molecular weight is 315 g/mol. The molecule has 0 spiro atoms. The lowest BCUT2D eigenvalue weighted by Gasteiger charge is -2.20. The SMILES string of the molecule is Clc1ccccc1C(c1cncnc1)c1ccccc1Cl. The average Bonchev–Trinajstić information content (AvgIpc) is 2.52. The van der Waals surface area contributed by atoms with Crippen molar-refractivity contribution in [3.8, 4) is 0 Å².